The molecular formula is C23H38N4O3. The molecule has 1 aromatic rings. The molecule has 1 aliphatic rings. The van der Waals surface area contributed by atoms with Gasteiger partial charge in [0.15, 0.2) is 5.96 Å². The molecule has 1 heterocycles. The topological polar surface area (TPSA) is 75.2 Å². The fraction of sp³-hybridized carbons (Fsp3) is 0.652. The highest BCUT2D eigenvalue weighted by atomic mass is 16.6. The van der Waals surface area contributed by atoms with E-state index in [2.05, 4.69) is 40.7 Å². The van der Waals surface area contributed by atoms with E-state index < -0.39 is 5.60 Å². The van der Waals surface area contributed by atoms with Crippen molar-refractivity contribution in [3.63, 3.8) is 0 Å². The standard InChI is InChI=1S/C23H38N4O3/c1-7-24-21(25-14-18-9-8-10-19(13-18)16-29-17(2)3)27-12-11-20(15-27)26-22(28)30-23(4,5)6/h8-10,13,17,20H,7,11-12,14-16H2,1-6H3,(H,24,25)(H,26,28). The number of nitrogens with zero attached hydrogens (tertiary/aromatic N) is 2. The van der Waals surface area contributed by atoms with Crippen LogP contribution in [-0.4, -0.2) is 54.3 Å². The fourth-order valence-corrected chi connectivity index (χ4v) is 3.22. The van der Waals surface area contributed by atoms with Crippen LogP contribution >= 0.6 is 0 Å². The highest BCUT2D eigenvalue weighted by Gasteiger charge is 2.27. The third-order valence-electron chi connectivity index (χ3n) is 4.53. The zero-order valence-electron chi connectivity index (χ0n) is 19.3. The summed E-state index contributed by atoms with van der Waals surface area (Å²) in [7, 11) is 0. The largest absolute Gasteiger partial charge is 0.444 e. The van der Waals surface area contributed by atoms with Gasteiger partial charge in [-0.3, -0.25) is 0 Å². The highest BCUT2D eigenvalue weighted by molar-refractivity contribution is 5.80. The summed E-state index contributed by atoms with van der Waals surface area (Å²) >= 11 is 0. The van der Waals surface area contributed by atoms with Crippen LogP contribution in [0.25, 0.3) is 0 Å². The molecule has 1 atom stereocenters. The molecule has 0 saturated carbocycles. The molecule has 1 aliphatic heterocycles. The first-order valence-corrected chi connectivity index (χ1v) is 10.9. The molecule has 1 fully saturated rings. The predicted octanol–water partition coefficient (Wildman–Crippen LogP) is 3.68. The monoisotopic (exact) mass is 418 g/mol. The molecule has 168 valence electrons. The van der Waals surface area contributed by atoms with Crippen LogP contribution in [0.3, 0.4) is 0 Å². The second-order valence-corrected chi connectivity index (χ2v) is 8.93. The smallest absolute Gasteiger partial charge is 0.407 e. The lowest BCUT2D eigenvalue weighted by Crippen LogP contribution is -2.44. The molecule has 0 aliphatic carbocycles. The number of rotatable bonds is 7. The SMILES string of the molecule is CCNC(=NCc1cccc(COC(C)C)c1)N1CCC(NC(=O)OC(C)(C)C)C1. The fourth-order valence-electron chi connectivity index (χ4n) is 3.22. The molecular weight excluding hydrogens is 380 g/mol. The van der Waals surface area contributed by atoms with E-state index in [0.717, 1.165) is 36.6 Å². The van der Waals surface area contributed by atoms with E-state index in [-0.39, 0.29) is 18.2 Å². The van der Waals surface area contributed by atoms with Gasteiger partial charge < -0.3 is 25.0 Å². The molecule has 0 radical (unpaired) electrons. The Kier molecular flexibility index (Phi) is 8.96. The van der Waals surface area contributed by atoms with Crippen LogP contribution in [0.5, 0.6) is 0 Å². The van der Waals surface area contributed by atoms with Crippen molar-refractivity contribution in [3.05, 3.63) is 35.4 Å². The number of benzene rings is 1. The number of hydrogen-bond donors (Lipinski definition) is 2. The van der Waals surface area contributed by atoms with Crippen molar-refractivity contribution in [1.29, 1.82) is 0 Å². The minimum atomic E-state index is -0.493. The summed E-state index contributed by atoms with van der Waals surface area (Å²) < 4.78 is 11.1. The molecule has 1 amide bonds. The molecule has 2 N–H and O–H groups in total. The number of ether oxygens (including phenoxy) is 2. The summed E-state index contributed by atoms with van der Waals surface area (Å²) in [5, 5.41) is 6.34. The van der Waals surface area contributed by atoms with Crippen molar-refractivity contribution in [1.82, 2.24) is 15.5 Å². The second kappa shape index (κ2) is 11.2. The lowest BCUT2D eigenvalue weighted by atomic mass is 10.1. The van der Waals surface area contributed by atoms with E-state index in [1.54, 1.807) is 0 Å². The van der Waals surface area contributed by atoms with Crippen LogP contribution < -0.4 is 10.6 Å². The Morgan fingerprint density at radius 1 is 1.30 bits per heavy atom. The Morgan fingerprint density at radius 2 is 2.03 bits per heavy atom. The van der Waals surface area contributed by atoms with Gasteiger partial charge in [0.2, 0.25) is 0 Å². The minimum Gasteiger partial charge on any atom is -0.444 e. The van der Waals surface area contributed by atoms with E-state index in [4.69, 9.17) is 14.5 Å². The summed E-state index contributed by atoms with van der Waals surface area (Å²) in [6.45, 7) is 15.3. The summed E-state index contributed by atoms with van der Waals surface area (Å²) in [6.07, 6.45) is 0.715. The third-order valence-corrected chi connectivity index (χ3v) is 4.53. The van der Waals surface area contributed by atoms with Crippen molar-refractivity contribution in [2.45, 2.75) is 78.9 Å². The molecule has 1 aromatic carbocycles. The Hall–Kier alpha value is -2.28. The van der Waals surface area contributed by atoms with Crippen molar-refractivity contribution in [2.24, 2.45) is 4.99 Å². The maximum Gasteiger partial charge on any atom is 0.407 e. The number of amides is 1. The Labute approximate surface area is 181 Å². The maximum atomic E-state index is 12.0. The van der Waals surface area contributed by atoms with Gasteiger partial charge in [0, 0.05) is 19.6 Å². The average molecular weight is 419 g/mol. The van der Waals surface area contributed by atoms with Crippen molar-refractivity contribution in [2.75, 3.05) is 19.6 Å². The Morgan fingerprint density at radius 3 is 2.70 bits per heavy atom. The minimum absolute atomic E-state index is 0.0558. The quantitative estimate of drug-likeness (QED) is 0.522. The summed E-state index contributed by atoms with van der Waals surface area (Å²) in [5.74, 6) is 0.870. The van der Waals surface area contributed by atoms with Gasteiger partial charge in [-0.05, 0) is 59.1 Å². The van der Waals surface area contributed by atoms with Crippen molar-refractivity contribution >= 4 is 12.1 Å². The van der Waals surface area contributed by atoms with Gasteiger partial charge in [-0.1, -0.05) is 24.3 Å². The Bertz CT molecular complexity index is 713. The lowest BCUT2D eigenvalue weighted by molar-refractivity contribution is 0.0507. The zero-order valence-corrected chi connectivity index (χ0v) is 19.3. The van der Waals surface area contributed by atoms with Gasteiger partial charge in [0.05, 0.1) is 25.3 Å². The molecule has 30 heavy (non-hydrogen) atoms. The molecule has 7 nitrogen and oxygen atoms in total. The number of hydrogen-bond acceptors (Lipinski definition) is 4. The van der Waals surface area contributed by atoms with Gasteiger partial charge in [-0.15, -0.1) is 0 Å². The number of guanidine groups is 1. The van der Waals surface area contributed by atoms with Crippen LogP contribution in [0.1, 0.15) is 59.1 Å². The van der Waals surface area contributed by atoms with E-state index >= 15 is 0 Å². The lowest BCUT2D eigenvalue weighted by Gasteiger charge is -2.23. The normalized spacial score (nSPS) is 17.4. The van der Waals surface area contributed by atoms with E-state index in [0.29, 0.717) is 19.7 Å². The van der Waals surface area contributed by atoms with E-state index in [9.17, 15) is 4.79 Å². The van der Waals surface area contributed by atoms with Gasteiger partial charge in [0.1, 0.15) is 5.60 Å². The number of aliphatic imine (C=N–C) groups is 1. The van der Waals surface area contributed by atoms with Crippen LogP contribution in [0.15, 0.2) is 29.3 Å². The molecule has 2 rings (SSSR count). The van der Waals surface area contributed by atoms with Gasteiger partial charge in [-0.2, -0.15) is 0 Å². The first-order chi connectivity index (χ1) is 14.2. The number of alkyl carbamates (subject to hydrolysis) is 1. The van der Waals surface area contributed by atoms with Crippen molar-refractivity contribution < 1.29 is 14.3 Å². The molecule has 1 unspecified atom stereocenters. The van der Waals surface area contributed by atoms with Crippen LogP contribution in [0.4, 0.5) is 4.79 Å². The first kappa shape index (κ1) is 24.0. The summed E-state index contributed by atoms with van der Waals surface area (Å²) in [5.41, 5.74) is 1.81. The van der Waals surface area contributed by atoms with E-state index in [1.807, 2.05) is 40.7 Å². The molecule has 0 bridgehead atoms. The van der Waals surface area contributed by atoms with Crippen LogP contribution in [0, 0.1) is 0 Å². The number of nitrogens with one attached hydrogen (secondary N) is 2. The van der Waals surface area contributed by atoms with Crippen LogP contribution in [0.2, 0.25) is 0 Å². The molecule has 1 saturated heterocycles. The molecule has 0 spiro atoms. The zero-order chi connectivity index (χ0) is 22.1. The third kappa shape index (κ3) is 8.61. The van der Waals surface area contributed by atoms with Crippen LogP contribution in [-0.2, 0) is 22.6 Å². The van der Waals surface area contributed by atoms with Gasteiger partial charge in [0.25, 0.3) is 0 Å². The summed E-state index contributed by atoms with van der Waals surface area (Å²) in [6, 6.07) is 8.41. The highest BCUT2D eigenvalue weighted by Crippen LogP contribution is 2.13. The number of carbonyl (C=O) groups excluding carboxylic acids is 1. The molecule has 0 aromatic heterocycles. The molecule has 7 heteroatoms. The number of likely N-dealkylation sites (tertiary alicyclic amines) is 1. The predicted molar refractivity (Wildman–Crippen MR) is 121 cm³/mol. The Balaban J connectivity index is 1.95. The van der Waals surface area contributed by atoms with E-state index in [1.165, 1.54) is 0 Å². The average Bonchev–Trinajstić information content (AvgIpc) is 3.10. The van der Waals surface area contributed by atoms with Crippen molar-refractivity contribution in [3.8, 4) is 0 Å². The number of carbonyl (C=O) groups is 1. The van der Waals surface area contributed by atoms with Gasteiger partial charge >= 0.3 is 6.09 Å². The second-order valence-electron chi connectivity index (χ2n) is 8.93. The maximum absolute atomic E-state index is 12.0. The summed E-state index contributed by atoms with van der Waals surface area (Å²) in [4.78, 5) is 19.1. The first-order valence-electron chi connectivity index (χ1n) is 10.9. The van der Waals surface area contributed by atoms with Gasteiger partial charge in [-0.25, -0.2) is 9.79 Å².